The molecule has 0 aliphatic heterocycles. The van der Waals surface area contributed by atoms with Gasteiger partial charge >= 0.3 is 0 Å². The smallest absolute Gasteiger partial charge is 0.200 e. The molecule has 0 saturated heterocycles. The van der Waals surface area contributed by atoms with Crippen molar-refractivity contribution >= 4 is 36.4 Å². The van der Waals surface area contributed by atoms with Gasteiger partial charge in [0.1, 0.15) is 6.29 Å². The fraction of sp³-hybridized carbons (Fsp3) is 0.0435. The van der Waals surface area contributed by atoms with Gasteiger partial charge in [-0.3, -0.25) is 19.4 Å². The summed E-state index contributed by atoms with van der Waals surface area (Å²) in [6.07, 6.45) is 2.32. The lowest BCUT2D eigenvalue weighted by atomic mass is 10.0. The highest BCUT2D eigenvalue weighted by molar-refractivity contribution is 6.30. The molecule has 0 unspecified atom stereocenters. The third kappa shape index (κ3) is 3.65. The summed E-state index contributed by atoms with van der Waals surface area (Å²) in [6, 6.07) is 19.3. The first kappa shape index (κ1) is 18.6. The average molecular weight is 380 g/mol. The van der Waals surface area contributed by atoms with Gasteiger partial charge in [0, 0.05) is 22.7 Å². The number of rotatable bonds is 5. The molecule has 0 radical (unpaired) electrons. The second kappa shape index (κ2) is 7.68. The molecule has 0 N–H and O–H groups in total. The van der Waals surface area contributed by atoms with Gasteiger partial charge in [0.15, 0.2) is 13.6 Å². The third-order valence-corrected chi connectivity index (χ3v) is 4.82. The average Bonchev–Trinajstić information content (AvgIpc) is 2.75. The van der Waals surface area contributed by atoms with E-state index in [1.54, 1.807) is 42.6 Å². The summed E-state index contributed by atoms with van der Waals surface area (Å²) in [4.78, 5) is 41.5. The topological polar surface area (TPSA) is 69.0 Å². The summed E-state index contributed by atoms with van der Waals surface area (Å²) in [5.74, 6) is -0.371. The fourth-order valence-corrected chi connectivity index (χ4v) is 3.37. The molecule has 2 aromatic heterocycles. The number of fused-ring (bicyclic) bond motifs is 1. The highest BCUT2D eigenvalue weighted by Gasteiger charge is 2.17. The van der Waals surface area contributed by atoms with Crippen molar-refractivity contribution < 1.29 is 9.59 Å². The lowest BCUT2D eigenvalue weighted by molar-refractivity contribution is 0.103. The Hall–Kier alpha value is -3.80. The van der Waals surface area contributed by atoms with E-state index in [9.17, 15) is 14.4 Å². The largest absolute Gasteiger partial charge is 0.340 e. The lowest BCUT2D eigenvalue weighted by Gasteiger charge is -2.13. The first-order valence-corrected chi connectivity index (χ1v) is 9.21. The Bertz CT molecular complexity index is 1290. The standard InChI is InChI=1S/C23H17BN2O3/c24-21-7-3-4-17(25-21)12-26-13-19(23(29)18-5-1-2-6-20(18)26)22(28)16-10-8-15(14-27)9-11-16/h1-11,13-14H,12,24H2. The van der Waals surface area contributed by atoms with Crippen molar-refractivity contribution in [2.24, 2.45) is 0 Å². The van der Waals surface area contributed by atoms with Crippen LogP contribution in [0.4, 0.5) is 0 Å². The minimum absolute atomic E-state index is 0.0928. The number of ketones is 1. The first-order valence-electron chi connectivity index (χ1n) is 9.21. The molecule has 5 nitrogen and oxygen atoms in total. The van der Waals surface area contributed by atoms with Crippen molar-refractivity contribution in [2.75, 3.05) is 0 Å². The Morgan fingerprint density at radius 1 is 1.00 bits per heavy atom. The molecule has 0 amide bonds. The number of carbonyl (C=O) groups excluding carboxylic acids is 2. The number of para-hydroxylation sites is 1. The lowest BCUT2D eigenvalue weighted by Crippen LogP contribution is -2.21. The van der Waals surface area contributed by atoms with E-state index in [1.807, 2.05) is 42.7 Å². The van der Waals surface area contributed by atoms with Gasteiger partial charge in [-0.15, -0.1) is 0 Å². The number of hydrogen-bond donors (Lipinski definition) is 0. The molecule has 2 heterocycles. The second-order valence-corrected chi connectivity index (χ2v) is 6.86. The van der Waals surface area contributed by atoms with Crippen molar-refractivity contribution in [3.05, 3.63) is 106 Å². The van der Waals surface area contributed by atoms with E-state index in [2.05, 4.69) is 4.98 Å². The van der Waals surface area contributed by atoms with Gasteiger partial charge in [0.2, 0.25) is 5.43 Å². The molecule has 0 aliphatic carbocycles. The SMILES string of the molecule is Bc1cccc(Cn2cc(C(=O)c3ccc(C=O)cc3)c(=O)c3ccccc32)n1. The predicted octanol–water partition coefficient (Wildman–Crippen LogP) is 1.75. The van der Waals surface area contributed by atoms with Gasteiger partial charge in [0.05, 0.1) is 23.3 Å². The van der Waals surface area contributed by atoms with Crippen LogP contribution < -0.4 is 11.0 Å². The zero-order chi connectivity index (χ0) is 20.4. The number of pyridine rings is 2. The third-order valence-electron chi connectivity index (χ3n) is 4.82. The monoisotopic (exact) mass is 380 g/mol. The van der Waals surface area contributed by atoms with Crippen molar-refractivity contribution in [1.29, 1.82) is 0 Å². The van der Waals surface area contributed by atoms with Crippen LogP contribution in [0.25, 0.3) is 10.9 Å². The maximum absolute atomic E-state index is 13.1. The zero-order valence-corrected chi connectivity index (χ0v) is 15.8. The summed E-state index contributed by atoms with van der Waals surface area (Å²) >= 11 is 0. The molecule has 4 rings (SSSR count). The zero-order valence-electron chi connectivity index (χ0n) is 15.8. The van der Waals surface area contributed by atoms with Crippen molar-refractivity contribution in [1.82, 2.24) is 9.55 Å². The molecule has 0 atom stereocenters. The fourth-order valence-electron chi connectivity index (χ4n) is 3.37. The first-order chi connectivity index (χ1) is 14.1. The second-order valence-electron chi connectivity index (χ2n) is 6.86. The normalized spacial score (nSPS) is 10.8. The van der Waals surface area contributed by atoms with E-state index in [4.69, 9.17) is 0 Å². The van der Waals surface area contributed by atoms with Gasteiger partial charge < -0.3 is 4.57 Å². The maximum atomic E-state index is 13.1. The quantitative estimate of drug-likeness (QED) is 0.301. The summed E-state index contributed by atoms with van der Waals surface area (Å²) in [7, 11) is 1.92. The van der Waals surface area contributed by atoms with Gasteiger partial charge in [-0.05, 0) is 23.8 Å². The van der Waals surface area contributed by atoms with E-state index in [0.29, 0.717) is 29.3 Å². The molecule has 0 saturated carbocycles. The number of nitrogens with zero attached hydrogens (tertiary/aromatic N) is 2. The predicted molar refractivity (Wildman–Crippen MR) is 115 cm³/mol. The molecule has 2 aromatic carbocycles. The molecule has 140 valence electrons. The van der Waals surface area contributed by atoms with Gasteiger partial charge in [-0.25, -0.2) is 0 Å². The number of hydrogen-bond acceptors (Lipinski definition) is 4. The van der Waals surface area contributed by atoms with Crippen LogP contribution in [0.3, 0.4) is 0 Å². The molecular weight excluding hydrogens is 363 g/mol. The van der Waals surface area contributed by atoms with Crippen molar-refractivity contribution in [3.63, 3.8) is 0 Å². The molecule has 0 spiro atoms. The van der Waals surface area contributed by atoms with E-state index in [1.165, 1.54) is 0 Å². The Labute approximate surface area is 168 Å². The number of carbonyl (C=O) groups is 2. The Kier molecular flexibility index (Phi) is 4.91. The Morgan fingerprint density at radius 3 is 2.48 bits per heavy atom. The van der Waals surface area contributed by atoms with E-state index >= 15 is 0 Å². The van der Waals surface area contributed by atoms with Gasteiger partial charge in [-0.1, -0.05) is 48.5 Å². The molecule has 0 bridgehead atoms. The van der Waals surface area contributed by atoms with Crippen LogP contribution >= 0.6 is 0 Å². The molecule has 4 aromatic rings. The number of aldehydes is 1. The van der Waals surface area contributed by atoms with Crippen LogP contribution in [0, 0.1) is 0 Å². The minimum Gasteiger partial charge on any atom is -0.340 e. The molecule has 0 fully saturated rings. The van der Waals surface area contributed by atoms with E-state index in [0.717, 1.165) is 16.8 Å². The van der Waals surface area contributed by atoms with Crippen LogP contribution in [-0.4, -0.2) is 29.5 Å². The molecular formula is C23H17BN2O3. The molecule has 0 aliphatic rings. The van der Waals surface area contributed by atoms with Crippen LogP contribution in [0.15, 0.2) is 77.7 Å². The van der Waals surface area contributed by atoms with E-state index < -0.39 is 0 Å². The van der Waals surface area contributed by atoms with Crippen LogP contribution in [-0.2, 0) is 6.54 Å². The highest BCUT2D eigenvalue weighted by atomic mass is 16.1. The Morgan fingerprint density at radius 2 is 1.76 bits per heavy atom. The highest BCUT2D eigenvalue weighted by Crippen LogP contribution is 2.16. The summed E-state index contributed by atoms with van der Waals surface area (Å²) in [6.45, 7) is 0.437. The molecule has 29 heavy (non-hydrogen) atoms. The number of aromatic nitrogens is 2. The summed E-state index contributed by atoms with van der Waals surface area (Å²) in [5.41, 5.74) is 3.11. The van der Waals surface area contributed by atoms with Crippen molar-refractivity contribution in [3.8, 4) is 0 Å². The van der Waals surface area contributed by atoms with Crippen LogP contribution in [0.2, 0.25) is 0 Å². The summed E-state index contributed by atoms with van der Waals surface area (Å²) < 4.78 is 1.88. The Balaban J connectivity index is 1.85. The van der Waals surface area contributed by atoms with Gasteiger partial charge in [0.25, 0.3) is 0 Å². The van der Waals surface area contributed by atoms with Crippen molar-refractivity contribution in [2.45, 2.75) is 6.54 Å². The van der Waals surface area contributed by atoms with E-state index in [-0.39, 0.29) is 16.8 Å². The van der Waals surface area contributed by atoms with Crippen LogP contribution in [0.5, 0.6) is 0 Å². The molecule has 6 heteroatoms. The maximum Gasteiger partial charge on any atom is 0.200 e. The number of benzene rings is 2. The van der Waals surface area contributed by atoms with Gasteiger partial charge in [-0.2, -0.15) is 0 Å². The minimum atomic E-state index is -0.371. The summed E-state index contributed by atoms with van der Waals surface area (Å²) in [5, 5.41) is 0.482. The van der Waals surface area contributed by atoms with Crippen LogP contribution in [0.1, 0.15) is 32.0 Å².